The van der Waals surface area contributed by atoms with Crippen molar-refractivity contribution in [2.24, 2.45) is 0 Å². The molecule has 7 heteroatoms. The van der Waals surface area contributed by atoms with Crippen LogP contribution in [0.5, 0.6) is 17.2 Å². The molecule has 0 unspecified atom stereocenters. The second-order valence-corrected chi connectivity index (χ2v) is 9.86. The summed E-state index contributed by atoms with van der Waals surface area (Å²) in [4.78, 5) is -0.299. The molecule has 0 spiro atoms. The van der Waals surface area contributed by atoms with Crippen molar-refractivity contribution >= 4 is 10.1 Å². The van der Waals surface area contributed by atoms with Crippen LogP contribution in [0.2, 0.25) is 0 Å². The second kappa shape index (κ2) is 17.1. The Morgan fingerprint density at radius 1 is 0.818 bits per heavy atom. The number of ether oxygens (including phenoxy) is 1. The molecule has 0 aliphatic carbocycles. The van der Waals surface area contributed by atoms with Gasteiger partial charge in [0.1, 0.15) is 16.4 Å². The maximum atomic E-state index is 11.7. The van der Waals surface area contributed by atoms with Gasteiger partial charge in [0.05, 0.1) is 0 Å². The summed E-state index contributed by atoms with van der Waals surface area (Å²) in [5.41, 5.74) is 0.942. The Morgan fingerprint density at radius 3 is 1.94 bits per heavy atom. The van der Waals surface area contributed by atoms with E-state index in [0.717, 1.165) is 24.8 Å². The Hall–Kier alpha value is -0.414. The number of aryl methyl sites for hydroxylation is 1. The van der Waals surface area contributed by atoms with Gasteiger partial charge in [0, 0.05) is 0 Å². The van der Waals surface area contributed by atoms with Crippen LogP contribution in [0.15, 0.2) is 47.4 Å². The molecular weight excluding hydrogens is 463 g/mol. The molecule has 0 aliphatic heterocycles. The van der Waals surface area contributed by atoms with Crippen LogP contribution in [0, 0.1) is 0 Å². The fraction of sp³-hybridized carbons (Fsp3) is 0.538. The molecule has 178 valence electrons. The van der Waals surface area contributed by atoms with E-state index in [4.69, 9.17) is 4.74 Å². The third-order valence-corrected chi connectivity index (χ3v) is 6.53. The smallest absolute Gasteiger partial charge is 0.872 e. The first-order valence-corrected chi connectivity index (χ1v) is 13.4. The first-order chi connectivity index (χ1) is 15.4. The largest absolute Gasteiger partial charge is 1.00 e. The zero-order chi connectivity index (χ0) is 23.2. The quantitative estimate of drug-likeness (QED) is 0.213. The molecule has 0 saturated carbocycles. The molecule has 5 nitrogen and oxygen atoms in total. The van der Waals surface area contributed by atoms with E-state index in [0.29, 0.717) is 0 Å². The van der Waals surface area contributed by atoms with Gasteiger partial charge in [-0.05, 0) is 42.7 Å². The van der Waals surface area contributed by atoms with Crippen LogP contribution in [-0.4, -0.2) is 13.0 Å². The maximum Gasteiger partial charge on any atom is 1.00 e. The molecule has 0 radical (unpaired) electrons. The average molecular weight is 501 g/mol. The van der Waals surface area contributed by atoms with E-state index in [1.54, 1.807) is 24.3 Å². The minimum absolute atomic E-state index is 0. The summed E-state index contributed by atoms with van der Waals surface area (Å²) < 4.78 is 38.6. The molecule has 2 rings (SSSR count). The van der Waals surface area contributed by atoms with Crippen LogP contribution in [-0.2, 0) is 16.5 Å². The molecule has 0 aromatic heterocycles. The van der Waals surface area contributed by atoms with E-state index in [9.17, 15) is 18.1 Å². The normalized spacial score (nSPS) is 11.2. The predicted molar refractivity (Wildman–Crippen MR) is 127 cm³/mol. The maximum absolute atomic E-state index is 11.7. The van der Waals surface area contributed by atoms with E-state index in [1.807, 2.05) is 0 Å². The summed E-state index contributed by atoms with van der Waals surface area (Å²) >= 11 is 0. The van der Waals surface area contributed by atoms with Gasteiger partial charge in [-0.2, -0.15) is 8.42 Å². The average Bonchev–Trinajstić information content (AvgIpc) is 2.74. The van der Waals surface area contributed by atoms with Gasteiger partial charge in [0.25, 0.3) is 10.1 Å². The summed E-state index contributed by atoms with van der Waals surface area (Å²) in [7, 11) is -4.43. The van der Waals surface area contributed by atoms with Crippen molar-refractivity contribution in [1.29, 1.82) is 0 Å². The third kappa shape index (κ3) is 12.7. The van der Waals surface area contributed by atoms with Crippen LogP contribution in [0.4, 0.5) is 0 Å². The molecule has 0 aliphatic rings. The number of rotatable bonds is 16. The van der Waals surface area contributed by atoms with E-state index >= 15 is 0 Å². The van der Waals surface area contributed by atoms with Gasteiger partial charge >= 0.3 is 51.4 Å². The van der Waals surface area contributed by atoms with Gasteiger partial charge in [-0.1, -0.05) is 95.8 Å². The minimum atomic E-state index is -4.43. The van der Waals surface area contributed by atoms with Crippen molar-refractivity contribution in [2.75, 3.05) is 0 Å². The van der Waals surface area contributed by atoms with Gasteiger partial charge in [-0.25, -0.2) is 0 Å². The first kappa shape index (κ1) is 30.6. The molecule has 33 heavy (non-hydrogen) atoms. The van der Waals surface area contributed by atoms with Crippen molar-refractivity contribution < 1.29 is 74.2 Å². The molecule has 0 bridgehead atoms. The SMILES string of the molecule is CCCCCCCCCCCCCCc1ccc(S(=O)(=O)O)c(Oc2cccc([O-])c2)c1.[K+]. The minimum Gasteiger partial charge on any atom is -0.872 e. The summed E-state index contributed by atoms with van der Waals surface area (Å²) in [6.07, 6.45) is 16.2. The van der Waals surface area contributed by atoms with Gasteiger partial charge < -0.3 is 9.84 Å². The van der Waals surface area contributed by atoms with Gasteiger partial charge in [-0.3, -0.25) is 4.55 Å². The Bertz CT molecular complexity index is 915. The summed E-state index contributed by atoms with van der Waals surface area (Å²) in [5.74, 6) is 0.0444. The molecule has 0 saturated heterocycles. The predicted octanol–water partition coefficient (Wildman–Crippen LogP) is 4.05. The van der Waals surface area contributed by atoms with Gasteiger partial charge in [0.2, 0.25) is 0 Å². The van der Waals surface area contributed by atoms with Crippen molar-refractivity contribution in [3.63, 3.8) is 0 Å². The standard InChI is InChI=1S/C26H38O5S.K/c1-2-3-4-5-6-7-8-9-10-11-12-13-15-22-18-19-26(32(28,29)30)25(20-22)31-24-17-14-16-23(27)21-24;/h14,16-21,27H,2-13,15H2,1H3,(H,28,29,30);/q;+1/p-1. The fourth-order valence-electron chi connectivity index (χ4n) is 3.84. The van der Waals surface area contributed by atoms with Gasteiger partial charge in [0.15, 0.2) is 0 Å². The van der Waals surface area contributed by atoms with Crippen molar-refractivity contribution in [2.45, 2.75) is 95.3 Å². The molecule has 0 atom stereocenters. The Morgan fingerprint density at radius 2 is 1.39 bits per heavy atom. The zero-order valence-electron chi connectivity index (χ0n) is 20.2. The first-order valence-electron chi connectivity index (χ1n) is 12.0. The fourth-order valence-corrected chi connectivity index (χ4v) is 4.43. The monoisotopic (exact) mass is 500 g/mol. The molecule has 0 amide bonds. The molecular formula is C26H37KO5S. The van der Waals surface area contributed by atoms with Crippen molar-refractivity contribution in [1.82, 2.24) is 0 Å². The summed E-state index contributed by atoms with van der Waals surface area (Å²) in [6.45, 7) is 2.25. The van der Waals surface area contributed by atoms with Crippen LogP contribution in [0.25, 0.3) is 0 Å². The molecule has 0 heterocycles. The van der Waals surface area contributed by atoms with Crippen LogP contribution < -0.4 is 61.2 Å². The van der Waals surface area contributed by atoms with Gasteiger partial charge in [-0.15, -0.1) is 5.75 Å². The molecule has 2 aromatic rings. The van der Waals surface area contributed by atoms with Crippen molar-refractivity contribution in [3.8, 4) is 17.2 Å². The summed E-state index contributed by atoms with van der Waals surface area (Å²) in [6, 6.07) is 10.5. The van der Waals surface area contributed by atoms with E-state index in [2.05, 4.69) is 6.92 Å². The Balaban J connectivity index is 0.00000544. The summed E-state index contributed by atoms with van der Waals surface area (Å²) in [5, 5.41) is 11.5. The molecule has 2 aromatic carbocycles. The van der Waals surface area contributed by atoms with Crippen LogP contribution in [0.3, 0.4) is 0 Å². The zero-order valence-corrected chi connectivity index (χ0v) is 24.2. The third-order valence-electron chi connectivity index (χ3n) is 5.64. The second-order valence-electron chi connectivity index (χ2n) is 8.47. The van der Waals surface area contributed by atoms with Crippen molar-refractivity contribution in [3.05, 3.63) is 48.0 Å². The number of hydrogen-bond acceptors (Lipinski definition) is 4. The van der Waals surface area contributed by atoms with E-state index in [1.165, 1.54) is 82.4 Å². The Kier molecular flexibility index (Phi) is 15.9. The van der Waals surface area contributed by atoms with Crippen LogP contribution >= 0.6 is 0 Å². The number of hydrogen-bond donors (Lipinski definition) is 1. The topological polar surface area (TPSA) is 86.7 Å². The molecule has 0 fully saturated rings. The Labute approximate surface area is 242 Å². The van der Waals surface area contributed by atoms with E-state index in [-0.39, 0.29) is 73.5 Å². The van der Waals surface area contributed by atoms with Crippen LogP contribution in [0.1, 0.15) is 89.5 Å². The number of benzene rings is 2. The number of unbranched alkanes of at least 4 members (excludes halogenated alkanes) is 11. The van der Waals surface area contributed by atoms with E-state index < -0.39 is 10.1 Å². The molecule has 1 N–H and O–H groups in total.